The largest absolute Gasteiger partial charge is 0.481 e. The van der Waals surface area contributed by atoms with Crippen molar-refractivity contribution in [2.45, 2.75) is 18.6 Å². The molecule has 96 valence electrons. The van der Waals surface area contributed by atoms with Crippen molar-refractivity contribution >= 4 is 29.1 Å². The van der Waals surface area contributed by atoms with Crippen molar-refractivity contribution in [2.75, 3.05) is 5.75 Å². The van der Waals surface area contributed by atoms with Gasteiger partial charge >= 0.3 is 11.7 Å². The van der Waals surface area contributed by atoms with Gasteiger partial charge in [-0.15, -0.1) is 16.4 Å². The zero-order valence-corrected chi connectivity index (χ0v) is 11.0. The van der Waals surface area contributed by atoms with Gasteiger partial charge in [0.25, 0.3) is 0 Å². The maximum absolute atomic E-state index is 11.6. The molecule has 0 spiro atoms. The number of aliphatic carboxylic acids is 1. The number of thioether (sulfide) groups is 1. The van der Waals surface area contributed by atoms with Crippen LogP contribution in [-0.2, 0) is 11.3 Å². The van der Waals surface area contributed by atoms with Gasteiger partial charge in [0.2, 0.25) is 0 Å². The topological polar surface area (TPSA) is 101 Å². The third-order valence-electron chi connectivity index (χ3n) is 2.01. The van der Waals surface area contributed by atoms with E-state index in [1.54, 1.807) is 6.20 Å². The molecule has 2 aromatic heterocycles. The molecule has 0 atom stereocenters. The standard InChI is InChI=1S/C9H10N4O3S2/c1-5-2-10-6(18-5)3-13-8(16)11-12-9(13)17-4-7(14)15/h2H,3-4H2,1H3,(H,11,16)(H,14,15). The number of hydrogen-bond acceptors (Lipinski definition) is 6. The summed E-state index contributed by atoms with van der Waals surface area (Å²) in [4.78, 5) is 27.3. The van der Waals surface area contributed by atoms with E-state index in [1.807, 2.05) is 6.92 Å². The zero-order valence-electron chi connectivity index (χ0n) is 9.41. The zero-order chi connectivity index (χ0) is 13.1. The van der Waals surface area contributed by atoms with E-state index in [9.17, 15) is 9.59 Å². The van der Waals surface area contributed by atoms with Crippen LogP contribution in [0.4, 0.5) is 0 Å². The van der Waals surface area contributed by atoms with Crippen LogP contribution in [0.25, 0.3) is 0 Å². The SMILES string of the molecule is Cc1cnc(Cn2c(SCC(=O)O)n[nH]c2=O)s1. The van der Waals surface area contributed by atoms with Crippen LogP contribution in [0.2, 0.25) is 0 Å². The molecule has 0 unspecified atom stereocenters. The minimum atomic E-state index is -0.952. The van der Waals surface area contributed by atoms with Gasteiger partial charge in [0.05, 0.1) is 12.3 Å². The van der Waals surface area contributed by atoms with E-state index in [0.29, 0.717) is 11.7 Å². The first kappa shape index (κ1) is 12.8. The van der Waals surface area contributed by atoms with E-state index in [0.717, 1.165) is 21.6 Å². The molecule has 9 heteroatoms. The average Bonchev–Trinajstić information content (AvgIpc) is 2.85. The van der Waals surface area contributed by atoms with Crippen molar-refractivity contribution in [3.63, 3.8) is 0 Å². The van der Waals surface area contributed by atoms with Gasteiger partial charge in [-0.1, -0.05) is 11.8 Å². The summed E-state index contributed by atoms with van der Waals surface area (Å²) in [6.07, 6.45) is 1.73. The van der Waals surface area contributed by atoms with E-state index in [4.69, 9.17) is 5.11 Å². The maximum Gasteiger partial charge on any atom is 0.344 e. The van der Waals surface area contributed by atoms with E-state index in [2.05, 4.69) is 15.2 Å². The Morgan fingerprint density at radius 3 is 3.06 bits per heavy atom. The van der Waals surface area contributed by atoms with E-state index in [-0.39, 0.29) is 11.4 Å². The van der Waals surface area contributed by atoms with Crippen LogP contribution in [-0.4, -0.2) is 36.6 Å². The number of rotatable bonds is 5. The summed E-state index contributed by atoms with van der Waals surface area (Å²) < 4.78 is 1.38. The Balaban J connectivity index is 2.18. The number of aromatic amines is 1. The normalized spacial score (nSPS) is 10.7. The van der Waals surface area contributed by atoms with Crippen LogP contribution in [0.1, 0.15) is 9.88 Å². The summed E-state index contributed by atoms with van der Waals surface area (Å²) in [7, 11) is 0. The highest BCUT2D eigenvalue weighted by Crippen LogP contribution is 2.16. The lowest BCUT2D eigenvalue weighted by Gasteiger charge is -2.01. The van der Waals surface area contributed by atoms with Gasteiger partial charge < -0.3 is 5.11 Å². The summed E-state index contributed by atoms with van der Waals surface area (Å²) in [5.74, 6) is -1.09. The van der Waals surface area contributed by atoms with Crippen LogP contribution in [0, 0.1) is 6.92 Å². The second-order valence-corrected chi connectivity index (χ2v) is 5.71. The molecule has 0 saturated heterocycles. The Labute approximate surface area is 110 Å². The third-order valence-corrected chi connectivity index (χ3v) is 3.87. The molecule has 2 rings (SSSR count). The molecular weight excluding hydrogens is 276 g/mol. The molecule has 18 heavy (non-hydrogen) atoms. The van der Waals surface area contributed by atoms with Crippen LogP contribution in [0.5, 0.6) is 0 Å². The Morgan fingerprint density at radius 1 is 1.67 bits per heavy atom. The first-order valence-electron chi connectivity index (χ1n) is 4.97. The molecule has 2 heterocycles. The average molecular weight is 286 g/mol. The number of carboxylic acid groups (broad SMARTS) is 1. The van der Waals surface area contributed by atoms with Crippen molar-refractivity contribution in [1.82, 2.24) is 19.7 Å². The minimum absolute atomic E-state index is 0.138. The summed E-state index contributed by atoms with van der Waals surface area (Å²) in [6.45, 7) is 2.23. The quantitative estimate of drug-likeness (QED) is 0.779. The van der Waals surface area contributed by atoms with Gasteiger partial charge in [-0.25, -0.2) is 14.9 Å². The molecule has 0 aliphatic rings. The molecule has 0 radical (unpaired) electrons. The second-order valence-electron chi connectivity index (χ2n) is 3.44. The molecule has 2 N–H and O–H groups in total. The number of aryl methyl sites for hydroxylation is 1. The van der Waals surface area contributed by atoms with Gasteiger partial charge in [-0.2, -0.15) is 0 Å². The van der Waals surface area contributed by atoms with Gasteiger partial charge in [0.1, 0.15) is 5.01 Å². The fourth-order valence-corrected chi connectivity index (χ4v) is 2.73. The number of hydrogen-bond donors (Lipinski definition) is 2. The maximum atomic E-state index is 11.6. The van der Waals surface area contributed by atoms with Crippen LogP contribution in [0.15, 0.2) is 16.1 Å². The van der Waals surface area contributed by atoms with Crippen molar-refractivity contribution < 1.29 is 9.90 Å². The highest BCUT2D eigenvalue weighted by atomic mass is 32.2. The summed E-state index contributed by atoms with van der Waals surface area (Å²) in [6, 6.07) is 0. The van der Waals surface area contributed by atoms with Crippen LogP contribution in [0.3, 0.4) is 0 Å². The number of nitrogens with one attached hydrogen (secondary N) is 1. The number of carboxylic acids is 1. The summed E-state index contributed by atoms with van der Waals surface area (Å²) >= 11 is 2.49. The Morgan fingerprint density at radius 2 is 2.44 bits per heavy atom. The second kappa shape index (κ2) is 5.36. The minimum Gasteiger partial charge on any atom is -0.481 e. The molecule has 0 aliphatic heterocycles. The van der Waals surface area contributed by atoms with Gasteiger partial charge in [-0.05, 0) is 6.92 Å². The van der Waals surface area contributed by atoms with E-state index in [1.165, 1.54) is 15.9 Å². The van der Waals surface area contributed by atoms with Crippen LogP contribution < -0.4 is 5.69 Å². The molecule has 0 amide bonds. The van der Waals surface area contributed by atoms with Crippen molar-refractivity contribution in [3.8, 4) is 0 Å². The number of H-pyrrole nitrogens is 1. The molecule has 0 saturated carbocycles. The van der Waals surface area contributed by atoms with Crippen molar-refractivity contribution in [3.05, 3.63) is 26.6 Å². The van der Waals surface area contributed by atoms with Crippen molar-refractivity contribution in [2.24, 2.45) is 0 Å². The number of aromatic nitrogens is 4. The number of thiazole rings is 1. The fourth-order valence-electron chi connectivity index (χ4n) is 1.29. The highest BCUT2D eigenvalue weighted by Gasteiger charge is 2.12. The molecule has 0 aliphatic carbocycles. The Kier molecular flexibility index (Phi) is 3.82. The number of nitrogens with zero attached hydrogens (tertiary/aromatic N) is 3. The Hall–Kier alpha value is -1.61. The summed E-state index contributed by atoms with van der Waals surface area (Å²) in [5.41, 5.74) is -0.365. The molecular formula is C9H10N4O3S2. The van der Waals surface area contributed by atoms with Crippen LogP contribution >= 0.6 is 23.1 Å². The van der Waals surface area contributed by atoms with Gasteiger partial charge in [0.15, 0.2) is 5.16 Å². The lowest BCUT2D eigenvalue weighted by Crippen LogP contribution is -2.18. The molecule has 0 aromatic carbocycles. The lowest BCUT2D eigenvalue weighted by atomic mass is 10.6. The molecule has 2 aromatic rings. The molecule has 0 fully saturated rings. The van der Waals surface area contributed by atoms with Gasteiger partial charge in [0, 0.05) is 11.1 Å². The van der Waals surface area contributed by atoms with E-state index >= 15 is 0 Å². The monoisotopic (exact) mass is 286 g/mol. The predicted octanol–water partition coefficient (Wildman–Crippen LogP) is 0.561. The van der Waals surface area contributed by atoms with Crippen molar-refractivity contribution in [1.29, 1.82) is 0 Å². The highest BCUT2D eigenvalue weighted by molar-refractivity contribution is 7.99. The third kappa shape index (κ3) is 2.99. The first-order chi connectivity index (χ1) is 8.56. The fraction of sp³-hybridized carbons (Fsp3) is 0.333. The lowest BCUT2D eigenvalue weighted by molar-refractivity contribution is -0.133. The molecule has 7 nitrogen and oxygen atoms in total. The smallest absolute Gasteiger partial charge is 0.344 e. The first-order valence-corrected chi connectivity index (χ1v) is 6.77. The van der Waals surface area contributed by atoms with E-state index < -0.39 is 5.97 Å². The Bertz CT molecular complexity index is 615. The summed E-state index contributed by atoms with van der Waals surface area (Å²) in [5, 5.41) is 15.9. The number of carbonyl (C=O) groups is 1. The predicted molar refractivity (Wildman–Crippen MR) is 67.2 cm³/mol. The van der Waals surface area contributed by atoms with Gasteiger partial charge in [-0.3, -0.25) is 9.36 Å². The molecule has 0 bridgehead atoms.